The number of hydrogen-bond donors (Lipinski definition) is 0. The van der Waals surface area contributed by atoms with Gasteiger partial charge >= 0.3 is 0 Å². The van der Waals surface area contributed by atoms with Gasteiger partial charge in [-0.25, -0.2) is 0 Å². The summed E-state index contributed by atoms with van der Waals surface area (Å²) in [7, 11) is 0. The zero-order valence-corrected chi connectivity index (χ0v) is 51.6. The standard InChI is InChI=1S/C62H95Br2NO2S4/c1-5-9-13-17-21-24-26-29-33-37-41-49-43-55(63)70-57(49)53-45-51-59(68-53)60-52(46-54(69-60)58-50(44-56(64)71-58)42-38-34-30-27-25-22-18-14-10-6-2)62(67)65(61(51)66)47-48(39-35-31-20-16-12-8-4)40-36-32-28-23-19-15-11-7-3/h43-46,48H,5-42,47H2,1-4H3. The van der Waals surface area contributed by atoms with Crippen molar-refractivity contribution in [3.63, 3.8) is 0 Å². The van der Waals surface area contributed by atoms with Gasteiger partial charge in [0, 0.05) is 26.1 Å². The topological polar surface area (TPSA) is 39.1 Å². The molecule has 398 valence electrons. The molecule has 5 heterocycles. The molecule has 5 rings (SSSR count). The van der Waals surface area contributed by atoms with Crippen molar-refractivity contribution in [3.8, 4) is 19.5 Å². The molecule has 0 bridgehead atoms. The molecule has 5 aromatic heterocycles. The Morgan fingerprint density at radius 3 is 1.01 bits per heavy atom. The van der Waals surface area contributed by atoms with Crippen LogP contribution in [0.15, 0.2) is 41.4 Å². The fraction of sp³-hybridized carbons (Fsp3) is 0.710. The number of hydrogen-bond acceptors (Lipinski definition) is 6. The second-order valence-corrected chi connectivity index (χ2v) is 28.3. The number of thiophene rings is 4. The quantitative estimate of drug-likeness (QED) is 0.0365. The lowest BCUT2D eigenvalue weighted by molar-refractivity contribution is 0.351. The highest BCUT2D eigenvalue weighted by atomic mass is 79.9. The molecule has 3 nitrogen and oxygen atoms in total. The van der Waals surface area contributed by atoms with Crippen LogP contribution in [0.5, 0.6) is 0 Å². The number of aryl methyl sites for hydroxylation is 2. The number of fused-ring (bicyclic) bond motifs is 3. The molecular formula is C62H95Br2NO2S4. The minimum absolute atomic E-state index is 0.0892. The van der Waals surface area contributed by atoms with Crippen LogP contribution in [0.2, 0.25) is 0 Å². The normalized spacial score (nSPS) is 12.4. The van der Waals surface area contributed by atoms with Gasteiger partial charge < -0.3 is 0 Å². The Morgan fingerprint density at radius 2 is 0.690 bits per heavy atom. The molecule has 1 atom stereocenters. The Hall–Kier alpha value is -1.10. The Kier molecular flexibility index (Phi) is 30.8. The molecule has 0 N–H and O–H groups in total. The van der Waals surface area contributed by atoms with Crippen LogP contribution in [0, 0.1) is 5.92 Å². The summed E-state index contributed by atoms with van der Waals surface area (Å²) in [5.41, 5.74) is 2.59. The maximum atomic E-state index is 15.2. The van der Waals surface area contributed by atoms with Crippen LogP contribution < -0.4 is 11.1 Å². The summed E-state index contributed by atoms with van der Waals surface area (Å²) in [5.74, 6) is 0.317. The van der Waals surface area contributed by atoms with Gasteiger partial charge in [0.1, 0.15) is 0 Å². The van der Waals surface area contributed by atoms with Gasteiger partial charge in [-0.15, -0.1) is 45.3 Å². The zero-order valence-electron chi connectivity index (χ0n) is 45.1. The predicted octanol–water partition coefficient (Wildman–Crippen LogP) is 23.4. The van der Waals surface area contributed by atoms with Crippen molar-refractivity contribution in [1.82, 2.24) is 4.57 Å². The highest BCUT2D eigenvalue weighted by Crippen LogP contribution is 2.47. The highest BCUT2D eigenvalue weighted by Gasteiger charge is 2.23. The van der Waals surface area contributed by atoms with Crippen LogP contribution in [-0.2, 0) is 19.4 Å². The summed E-state index contributed by atoms with van der Waals surface area (Å²) in [6.45, 7) is 9.68. The molecule has 0 saturated carbocycles. The van der Waals surface area contributed by atoms with Gasteiger partial charge in [-0.1, -0.05) is 233 Å². The smallest absolute Gasteiger partial charge is 0.262 e. The van der Waals surface area contributed by atoms with Gasteiger partial charge in [-0.2, -0.15) is 0 Å². The van der Waals surface area contributed by atoms with Crippen LogP contribution in [0.4, 0.5) is 0 Å². The molecule has 0 amide bonds. The summed E-state index contributed by atoms with van der Waals surface area (Å²) in [6, 6.07) is 9.01. The van der Waals surface area contributed by atoms with E-state index in [2.05, 4.69) is 83.8 Å². The van der Waals surface area contributed by atoms with Gasteiger partial charge in [0.15, 0.2) is 0 Å². The summed E-state index contributed by atoms with van der Waals surface area (Å²) < 4.78 is 6.00. The summed E-state index contributed by atoms with van der Waals surface area (Å²) >= 11 is 14.9. The third kappa shape index (κ3) is 21.1. The molecule has 5 aromatic rings. The molecule has 9 heteroatoms. The molecule has 0 saturated heterocycles. The highest BCUT2D eigenvalue weighted by molar-refractivity contribution is 9.11. The van der Waals surface area contributed by atoms with E-state index in [-0.39, 0.29) is 11.1 Å². The zero-order chi connectivity index (χ0) is 50.5. The number of halogens is 2. The second-order valence-electron chi connectivity index (χ2n) is 21.3. The van der Waals surface area contributed by atoms with Gasteiger partial charge in [0.2, 0.25) is 0 Å². The first-order valence-electron chi connectivity index (χ1n) is 29.5. The van der Waals surface area contributed by atoms with Gasteiger partial charge in [0.05, 0.1) is 27.7 Å². The first kappa shape index (κ1) is 60.8. The van der Waals surface area contributed by atoms with Crippen LogP contribution in [0.3, 0.4) is 0 Å². The second kappa shape index (κ2) is 36.0. The molecular weight excluding hydrogens is 1080 g/mol. The molecule has 0 spiro atoms. The lowest BCUT2D eigenvalue weighted by atomic mass is 9.93. The minimum atomic E-state index is -0.0892. The van der Waals surface area contributed by atoms with E-state index < -0.39 is 0 Å². The Morgan fingerprint density at radius 1 is 0.394 bits per heavy atom. The summed E-state index contributed by atoms with van der Waals surface area (Å²) in [6.07, 6.45) is 48.8. The number of nitrogens with zero attached hydrogens (tertiary/aromatic N) is 1. The lowest BCUT2D eigenvalue weighted by Gasteiger charge is -2.18. The van der Waals surface area contributed by atoms with Crippen LogP contribution in [0.25, 0.3) is 39.7 Å². The average molecular weight is 1170 g/mol. The SMILES string of the molecule is CCCCCCCCCCCCc1cc(Br)sc1-c1cc2c(=O)n(CC(CCCCCCCC)CCCCCCCCCC)c(=O)c3cc(-c4sc(Br)cc4CCCCCCCCCCCC)sc3c2s1. The molecule has 0 aliphatic rings. The van der Waals surface area contributed by atoms with Crippen molar-refractivity contribution in [2.24, 2.45) is 5.92 Å². The third-order valence-corrected chi connectivity index (χ3v) is 21.3. The molecule has 1 unspecified atom stereocenters. The Labute approximate surface area is 465 Å². The summed E-state index contributed by atoms with van der Waals surface area (Å²) in [4.78, 5) is 35.3. The van der Waals surface area contributed by atoms with E-state index in [1.54, 1.807) is 49.9 Å². The van der Waals surface area contributed by atoms with Crippen LogP contribution in [-0.4, -0.2) is 4.57 Å². The maximum absolute atomic E-state index is 15.2. The largest absolute Gasteiger partial charge is 0.274 e. The van der Waals surface area contributed by atoms with Crippen molar-refractivity contribution < 1.29 is 0 Å². The Balaban J connectivity index is 1.45. The fourth-order valence-corrected chi connectivity index (χ4v) is 16.9. The van der Waals surface area contributed by atoms with Crippen LogP contribution in [0.1, 0.15) is 270 Å². The van der Waals surface area contributed by atoms with Gasteiger partial charge in [0.25, 0.3) is 11.1 Å². The minimum Gasteiger partial charge on any atom is -0.274 e. The number of unbranched alkanes of at least 4 members (excludes halogenated alkanes) is 30. The first-order valence-corrected chi connectivity index (χ1v) is 34.4. The molecule has 0 aliphatic heterocycles. The van der Waals surface area contributed by atoms with Crippen molar-refractivity contribution in [1.29, 1.82) is 0 Å². The summed E-state index contributed by atoms with van der Waals surface area (Å²) in [5, 5.41) is 1.45. The van der Waals surface area contributed by atoms with Crippen molar-refractivity contribution in [3.05, 3.63) is 63.7 Å². The van der Waals surface area contributed by atoms with E-state index in [0.717, 1.165) is 53.4 Å². The van der Waals surface area contributed by atoms with Gasteiger partial charge in [-0.05, 0) is 112 Å². The third-order valence-electron chi connectivity index (χ3n) is 15.1. The van der Waals surface area contributed by atoms with E-state index in [9.17, 15) is 0 Å². The average Bonchev–Trinajstić information content (AvgIpc) is 4.17. The van der Waals surface area contributed by atoms with E-state index in [1.165, 1.54) is 249 Å². The number of aromatic nitrogens is 1. The van der Waals surface area contributed by atoms with E-state index >= 15 is 9.59 Å². The Bertz CT molecular complexity index is 2190. The van der Waals surface area contributed by atoms with Crippen molar-refractivity contribution in [2.75, 3.05) is 0 Å². The molecule has 0 fully saturated rings. The molecule has 71 heavy (non-hydrogen) atoms. The maximum Gasteiger partial charge on any atom is 0.262 e. The predicted molar refractivity (Wildman–Crippen MR) is 330 cm³/mol. The van der Waals surface area contributed by atoms with Crippen molar-refractivity contribution >= 4 is 97.4 Å². The molecule has 0 radical (unpaired) electrons. The number of rotatable bonds is 42. The molecule has 0 aromatic carbocycles. The van der Waals surface area contributed by atoms with E-state index in [1.807, 2.05) is 0 Å². The van der Waals surface area contributed by atoms with E-state index in [4.69, 9.17) is 0 Å². The fourth-order valence-electron chi connectivity index (χ4n) is 10.8. The monoisotopic (exact) mass is 1170 g/mol. The van der Waals surface area contributed by atoms with Crippen LogP contribution >= 0.6 is 77.2 Å². The lowest BCUT2D eigenvalue weighted by Crippen LogP contribution is -2.33. The van der Waals surface area contributed by atoms with Gasteiger partial charge in [-0.3, -0.25) is 14.2 Å². The molecule has 0 aliphatic carbocycles. The first-order chi connectivity index (χ1) is 34.8. The van der Waals surface area contributed by atoms with E-state index in [0.29, 0.717) is 12.5 Å². The van der Waals surface area contributed by atoms with Crippen molar-refractivity contribution in [2.45, 2.75) is 278 Å².